The molecule has 1 aromatic carbocycles. The van der Waals surface area contributed by atoms with E-state index in [0.29, 0.717) is 0 Å². The van der Waals surface area contributed by atoms with E-state index in [-0.39, 0.29) is 24.3 Å². The summed E-state index contributed by atoms with van der Waals surface area (Å²) >= 11 is 0. The predicted octanol–water partition coefficient (Wildman–Crippen LogP) is 2.17. The number of anilines is 1. The third kappa shape index (κ3) is 3.08. The molecule has 84 valence electrons. The zero-order valence-corrected chi connectivity index (χ0v) is 9.34. The van der Waals surface area contributed by atoms with Gasteiger partial charge in [-0.25, -0.2) is 4.39 Å². The minimum absolute atomic E-state index is 0. The van der Waals surface area contributed by atoms with Crippen LogP contribution in [0.4, 0.5) is 10.1 Å². The number of halogens is 2. The van der Waals surface area contributed by atoms with Crippen LogP contribution in [0.15, 0.2) is 24.3 Å². The van der Waals surface area contributed by atoms with Crippen molar-refractivity contribution >= 4 is 18.1 Å². The van der Waals surface area contributed by atoms with Gasteiger partial charge in [0.1, 0.15) is 5.82 Å². The highest BCUT2D eigenvalue weighted by Gasteiger charge is 2.16. The Labute approximate surface area is 95.7 Å². The van der Waals surface area contributed by atoms with Gasteiger partial charge in [-0.15, -0.1) is 12.4 Å². The third-order valence-electron chi connectivity index (χ3n) is 2.65. The summed E-state index contributed by atoms with van der Waals surface area (Å²) in [7, 11) is 0. The molecule has 0 saturated carbocycles. The number of hydrogen-bond donors (Lipinski definition) is 1. The van der Waals surface area contributed by atoms with Gasteiger partial charge in [-0.05, 0) is 37.1 Å². The van der Waals surface area contributed by atoms with Gasteiger partial charge < -0.3 is 10.6 Å². The molecule has 1 heterocycles. The second-order valence-electron chi connectivity index (χ2n) is 3.82. The summed E-state index contributed by atoms with van der Waals surface area (Å²) in [6, 6.07) is 6.87. The Morgan fingerprint density at radius 3 is 2.53 bits per heavy atom. The average molecular weight is 231 g/mol. The van der Waals surface area contributed by atoms with Crippen LogP contribution in [-0.2, 0) is 0 Å². The van der Waals surface area contributed by atoms with Crippen LogP contribution >= 0.6 is 12.4 Å². The van der Waals surface area contributed by atoms with E-state index in [9.17, 15) is 4.39 Å². The number of nitrogens with two attached hydrogens (primary N) is 1. The molecular formula is C11H16ClFN2. The fourth-order valence-electron chi connectivity index (χ4n) is 1.90. The van der Waals surface area contributed by atoms with Gasteiger partial charge in [0.15, 0.2) is 0 Å². The molecule has 0 aromatic heterocycles. The van der Waals surface area contributed by atoms with E-state index in [2.05, 4.69) is 4.90 Å². The summed E-state index contributed by atoms with van der Waals surface area (Å²) < 4.78 is 12.7. The Hall–Kier alpha value is -0.800. The molecule has 2 nitrogen and oxygen atoms in total. The van der Waals surface area contributed by atoms with Crippen molar-refractivity contribution < 1.29 is 4.39 Å². The number of rotatable bonds is 1. The van der Waals surface area contributed by atoms with Crippen LogP contribution in [0.5, 0.6) is 0 Å². The van der Waals surface area contributed by atoms with Crippen molar-refractivity contribution in [3.05, 3.63) is 30.1 Å². The lowest BCUT2D eigenvalue weighted by atomic mass is 10.1. The van der Waals surface area contributed by atoms with Gasteiger partial charge in [-0.3, -0.25) is 0 Å². The molecule has 1 saturated heterocycles. The molecule has 0 bridgehead atoms. The number of piperidine rings is 1. The van der Waals surface area contributed by atoms with E-state index in [1.807, 2.05) is 12.1 Å². The van der Waals surface area contributed by atoms with Gasteiger partial charge >= 0.3 is 0 Å². The molecule has 1 fully saturated rings. The van der Waals surface area contributed by atoms with Gasteiger partial charge in [0.25, 0.3) is 0 Å². The first-order valence-corrected chi connectivity index (χ1v) is 5.02. The molecule has 1 aromatic rings. The maximum atomic E-state index is 12.7. The maximum Gasteiger partial charge on any atom is 0.123 e. The summed E-state index contributed by atoms with van der Waals surface area (Å²) in [6.45, 7) is 1.91. The van der Waals surface area contributed by atoms with E-state index in [1.165, 1.54) is 12.1 Å². The predicted molar refractivity (Wildman–Crippen MR) is 63.1 cm³/mol. The Morgan fingerprint density at radius 1 is 1.27 bits per heavy atom. The van der Waals surface area contributed by atoms with Crippen molar-refractivity contribution in [2.75, 3.05) is 18.0 Å². The van der Waals surface area contributed by atoms with Crippen LogP contribution in [0.3, 0.4) is 0 Å². The summed E-state index contributed by atoms with van der Waals surface area (Å²) in [6.07, 6.45) is 2.22. The van der Waals surface area contributed by atoms with Crippen molar-refractivity contribution in [3.63, 3.8) is 0 Å². The highest BCUT2D eigenvalue weighted by molar-refractivity contribution is 5.85. The first-order valence-electron chi connectivity index (χ1n) is 5.02. The molecule has 4 heteroatoms. The van der Waals surface area contributed by atoms with Gasteiger partial charge in [0.2, 0.25) is 0 Å². The molecule has 0 amide bonds. The quantitative estimate of drug-likeness (QED) is 0.801. The molecule has 0 radical (unpaired) electrons. The first kappa shape index (κ1) is 12.3. The number of hydrogen-bond acceptors (Lipinski definition) is 2. The Kier molecular flexibility index (Phi) is 4.36. The molecule has 1 aliphatic rings. The van der Waals surface area contributed by atoms with Crippen LogP contribution in [0.25, 0.3) is 0 Å². The van der Waals surface area contributed by atoms with E-state index in [1.54, 1.807) is 0 Å². The van der Waals surface area contributed by atoms with E-state index in [4.69, 9.17) is 5.73 Å². The Balaban J connectivity index is 0.00000112. The van der Waals surface area contributed by atoms with Gasteiger partial charge in [0, 0.05) is 24.8 Å². The standard InChI is InChI=1S/C11H15FN2.ClH/c12-9-3-5-11(6-4-9)14-7-1-2-10(13)8-14;/h3-6,10H,1-2,7-8,13H2;1H. The third-order valence-corrected chi connectivity index (χ3v) is 2.65. The van der Waals surface area contributed by atoms with E-state index >= 15 is 0 Å². The Morgan fingerprint density at radius 2 is 1.93 bits per heavy atom. The van der Waals surface area contributed by atoms with Crippen LogP contribution in [0.1, 0.15) is 12.8 Å². The smallest absolute Gasteiger partial charge is 0.123 e. The molecular weight excluding hydrogens is 215 g/mol. The molecule has 15 heavy (non-hydrogen) atoms. The fourth-order valence-corrected chi connectivity index (χ4v) is 1.90. The molecule has 0 aliphatic carbocycles. The second-order valence-corrected chi connectivity index (χ2v) is 3.82. The zero-order chi connectivity index (χ0) is 9.97. The van der Waals surface area contributed by atoms with Crippen LogP contribution in [0.2, 0.25) is 0 Å². The SMILES string of the molecule is Cl.NC1CCCN(c2ccc(F)cc2)C1. The average Bonchev–Trinajstić information content (AvgIpc) is 2.19. The topological polar surface area (TPSA) is 29.3 Å². The first-order chi connectivity index (χ1) is 6.75. The van der Waals surface area contributed by atoms with E-state index in [0.717, 1.165) is 31.6 Å². The lowest BCUT2D eigenvalue weighted by Crippen LogP contribution is -2.42. The molecule has 2 N–H and O–H groups in total. The largest absolute Gasteiger partial charge is 0.370 e. The molecule has 1 unspecified atom stereocenters. The lowest BCUT2D eigenvalue weighted by molar-refractivity contribution is 0.506. The molecule has 1 atom stereocenters. The second kappa shape index (κ2) is 5.33. The van der Waals surface area contributed by atoms with Gasteiger partial charge in [-0.1, -0.05) is 0 Å². The summed E-state index contributed by atoms with van der Waals surface area (Å²) in [4.78, 5) is 2.22. The Bertz CT molecular complexity index is 302. The van der Waals surface area contributed by atoms with Crippen LogP contribution in [0, 0.1) is 5.82 Å². The zero-order valence-electron chi connectivity index (χ0n) is 8.53. The summed E-state index contributed by atoms with van der Waals surface area (Å²) in [5.74, 6) is -0.185. The number of benzene rings is 1. The minimum Gasteiger partial charge on any atom is -0.370 e. The van der Waals surface area contributed by atoms with Gasteiger partial charge in [-0.2, -0.15) is 0 Å². The normalized spacial score (nSPS) is 20.9. The van der Waals surface area contributed by atoms with Gasteiger partial charge in [0.05, 0.1) is 0 Å². The van der Waals surface area contributed by atoms with Crippen LogP contribution in [-0.4, -0.2) is 19.1 Å². The number of nitrogens with zero attached hydrogens (tertiary/aromatic N) is 1. The summed E-state index contributed by atoms with van der Waals surface area (Å²) in [5.41, 5.74) is 6.95. The van der Waals surface area contributed by atoms with Crippen molar-refractivity contribution in [1.29, 1.82) is 0 Å². The van der Waals surface area contributed by atoms with Crippen molar-refractivity contribution in [3.8, 4) is 0 Å². The highest BCUT2D eigenvalue weighted by Crippen LogP contribution is 2.19. The lowest BCUT2D eigenvalue weighted by Gasteiger charge is -2.32. The molecule has 1 aliphatic heterocycles. The molecule has 2 rings (SSSR count). The van der Waals surface area contributed by atoms with E-state index < -0.39 is 0 Å². The summed E-state index contributed by atoms with van der Waals surface area (Å²) in [5, 5.41) is 0. The van der Waals surface area contributed by atoms with Crippen LogP contribution < -0.4 is 10.6 Å². The molecule has 0 spiro atoms. The van der Waals surface area contributed by atoms with Crippen molar-refractivity contribution in [1.82, 2.24) is 0 Å². The van der Waals surface area contributed by atoms with Crippen molar-refractivity contribution in [2.24, 2.45) is 5.73 Å². The monoisotopic (exact) mass is 230 g/mol. The maximum absolute atomic E-state index is 12.7. The highest BCUT2D eigenvalue weighted by atomic mass is 35.5. The minimum atomic E-state index is -0.185. The fraction of sp³-hybridized carbons (Fsp3) is 0.455. The van der Waals surface area contributed by atoms with Crippen molar-refractivity contribution in [2.45, 2.75) is 18.9 Å².